The predicted octanol–water partition coefficient (Wildman–Crippen LogP) is 4.31. The molecule has 0 aliphatic heterocycles. The Morgan fingerprint density at radius 1 is 1.29 bits per heavy atom. The second kappa shape index (κ2) is 6.13. The fraction of sp³-hybridized carbons (Fsp3) is 0.188. The summed E-state index contributed by atoms with van der Waals surface area (Å²) < 4.78 is 3.10. The van der Waals surface area contributed by atoms with Gasteiger partial charge in [-0.05, 0) is 53.7 Å². The van der Waals surface area contributed by atoms with Crippen molar-refractivity contribution in [2.45, 2.75) is 13.0 Å². The van der Waals surface area contributed by atoms with Crippen molar-refractivity contribution in [3.8, 4) is 5.69 Å². The molecule has 3 rings (SSSR count). The third kappa shape index (κ3) is 2.95. The van der Waals surface area contributed by atoms with Gasteiger partial charge in [-0.15, -0.1) is 11.3 Å². The molecule has 3 nitrogen and oxygen atoms in total. The molecule has 0 radical (unpaired) electrons. The van der Waals surface area contributed by atoms with E-state index in [0.29, 0.717) is 0 Å². The van der Waals surface area contributed by atoms with Crippen molar-refractivity contribution in [1.82, 2.24) is 15.1 Å². The molecule has 2 aromatic heterocycles. The molecule has 0 saturated heterocycles. The van der Waals surface area contributed by atoms with Crippen LogP contribution in [0.5, 0.6) is 0 Å². The summed E-state index contributed by atoms with van der Waals surface area (Å²) in [5.41, 5.74) is 3.50. The van der Waals surface area contributed by atoms with E-state index in [1.165, 1.54) is 14.2 Å². The third-order valence-electron chi connectivity index (χ3n) is 3.41. The highest BCUT2D eigenvalue weighted by molar-refractivity contribution is 9.11. The molecule has 108 valence electrons. The lowest BCUT2D eigenvalue weighted by molar-refractivity contribution is 0.703. The van der Waals surface area contributed by atoms with Crippen LogP contribution in [0, 0.1) is 6.92 Å². The first kappa shape index (κ1) is 14.5. The summed E-state index contributed by atoms with van der Waals surface area (Å²) in [6.45, 7) is 2.12. The van der Waals surface area contributed by atoms with E-state index in [0.717, 1.165) is 11.3 Å². The maximum atomic E-state index is 4.48. The van der Waals surface area contributed by atoms with Crippen LogP contribution < -0.4 is 5.32 Å². The van der Waals surface area contributed by atoms with Crippen LogP contribution >= 0.6 is 27.3 Å². The van der Waals surface area contributed by atoms with Crippen molar-refractivity contribution in [2.75, 3.05) is 7.05 Å². The van der Waals surface area contributed by atoms with Crippen molar-refractivity contribution in [3.05, 3.63) is 68.6 Å². The number of para-hydroxylation sites is 1. The number of hydrogen-bond acceptors (Lipinski definition) is 3. The molecule has 0 amide bonds. The van der Waals surface area contributed by atoms with Gasteiger partial charge in [-0.3, -0.25) is 0 Å². The molecule has 1 aromatic carbocycles. The Hall–Kier alpha value is -1.43. The van der Waals surface area contributed by atoms with Crippen LogP contribution in [0.15, 0.2) is 52.6 Å². The molecular weight excluding hydrogens is 346 g/mol. The number of aryl methyl sites for hydroxylation is 1. The maximum Gasteiger partial charge on any atom is 0.0731 e. The van der Waals surface area contributed by atoms with Gasteiger partial charge in [-0.2, -0.15) is 5.10 Å². The lowest BCUT2D eigenvalue weighted by Crippen LogP contribution is -2.15. The fourth-order valence-electron chi connectivity index (χ4n) is 2.31. The molecule has 3 aromatic rings. The summed E-state index contributed by atoms with van der Waals surface area (Å²) in [6, 6.07) is 12.5. The average molecular weight is 362 g/mol. The molecule has 1 unspecified atom stereocenters. The minimum absolute atomic E-state index is 0.164. The second-order valence-electron chi connectivity index (χ2n) is 4.88. The van der Waals surface area contributed by atoms with Crippen LogP contribution in [0.1, 0.15) is 22.0 Å². The van der Waals surface area contributed by atoms with E-state index >= 15 is 0 Å². The summed E-state index contributed by atoms with van der Waals surface area (Å²) in [4.78, 5) is 1.29. The van der Waals surface area contributed by atoms with Crippen molar-refractivity contribution < 1.29 is 0 Å². The first-order valence-corrected chi connectivity index (χ1v) is 8.33. The Morgan fingerprint density at radius 3 is 2.67 bits per heavy atom. The minimum atomic E-state index is 0.164. The Bertz CT molecular complexity index is 714. The summed E-state index contributed by atoms with van der Waals surface area (Å²) >= 11 is 5.36. The molecule has 0 aliphatic rings. The highest BCUT2D eigenvalue weighted by Gasteiger charge is 2.17. The number of thiophene rings is 1. The Kier molecular flexibility index (Phi) is 4.24. The molecule has 0 aliphatic carbocycles. The zero-order valence-corrected chi connectivity index (χ0v) is 14.3. The molecule has 0 bridgehead atoms. The van der Waals surface area contributed by atoms with Crippen LogP contribution in [0.25, 0.3) is 5.69 Å². The molecule has 1 N–H and O–H groups in total. The monoisotopic (exact) mass is 361 g/mol. The number of nitrogens with one attached hydrogen (secondary N) is 1. The van der Waals surface area contributed by atoms with Crippen molar-refractivity contribution in [3.63, 3.8) is 0 Å². The smallest absolute Gasteiger partial charge is 0.0731 e. The van der Waals surface area contributed by atoms with Crippen LogP contribution in [0.3, 0.4) is 0 Å². The van der Waals surface area contributed by atoms with Gasteiger partial charge in [0.15, 0.2) is 0 Å². The third-order valence-corrected chi connectivity index (χ3v) is 5.61. The number of benzene rings is 1. The summed E-state index contributed by atoms with van der Waals surface area (Å²) in [5.74, 6) is 0. The summed E-state index contributed by atoms with van der Waals surface area (Å²) in [7, 11) is 1.98. The zero-order chi connectivity index (χ0) is 14.8. The number of halogens is 1. The first-order valence-electron chi connectivity index (χ1n) is 6.72. The molecule has 5 heteroatoms. The van der Waals surface area contributed by atoms with E-state index in [9.17, 15) is 0 Å². The normalized spacial score (nSPS) is 12.5. The minimum Gasteiger partial charge on any atom is -0.309 e. The molecule has 21 heavy (non-hydrogen) atoms. The Morgan fingerprint density at radius 2 is 2.05 bits per heavy atom. The lowest BCUT2D eigenvalue weighted by Gasteiger charge is -2.12. The quantitative estimate of drug-likeness (QED) is 0.749. The largest absolute Gasteiger partial charge is 0.309 e. The Balaban J connectivity index is 1.94. The van der Waals surface area contributed by atoms with Crippen LogP contribution in [-0.4, -0.2) is 16.8 Å². The number of nitrogens with zero attached hydrogens (tertiary/aromatic N) is 2. The zero-order valence-electron chi connectivity index (χ0n) is 11.9. The van der Waals surface area contributed by atoms with Gasteiger partial charge in [-0.1, -0.05) is 18.2 Å². The number of hydrogen-bond donors (Lipinski definition) is 1. The van der Waals surface area contributed by atoms with Gasteiger partial charge in [0, 0.05) is 16.6 Å². The van der Waals surface area contributed by atoms with Crippen molar-refractivity contribution in [2.24, 2.45) is 0 Å². The van der Waals surface area contributed by atoms with Crippen molar-refractivity contribution >= 4 is 27.3 Å². The Labute approximate surface area is 136 Å². The van der Waals surface area contributed by atoms with E-state index in [1.807, 2.05) is 36.1 Å². The van der Waals surface area contributed by atoms with E-state index in [1.54, 1.807) is 11.3 Å². The van der Waals surface area contributed by atoms with Crippen LogP contribution in [0.2, 0.25) is 0 Å². The van der Waals surface area contributed by atoms with E-state index in [-0.39, 0.29) is 6.04 Å². The van der Waals surface area contributed by atoms with E-state index < -0.39 is 0 Å². The topological polar surface area (TPSA) is 29.9 Å². The summed E-state index contributed by atoms with van der Waals surface area (Å²) in [5, 5.41) is 7.86. The SMILES string of the molecule is CNC(c1cnn(-c2ccccc2)c1)c1cc(C)c(Br)s1. The average Bonchev–Trinajstić information content (AvgIpc) is 3.10. The van der Waals surface area contributed by atoms with Gasteiger partial charge in [0.1, 0.15) is 0 Å². The van der Waals surface area contributed by atoms with Gasteiger partial charge in [-0.25, -0.2) is 4.68 Å². The highest BCUT2D eigenvalue weighted by atomic mass is 79.9. The van der Waals surface area contributed by atoms with E-state index in [2.05, 4.69) is 57.7 Å². The standard InChI is InChI=1S/C16H16BrN3S/c1-11-8-14(21-16(11)17)15(18-2)12-9-19-20(10-12)13-6-4-3-5-7-13/h3-10,15,18H,1-2H3. The lowest BCUT2D eigenvalue weighted by atomic mass is 10.1. The maximum absolute atomic E-state index is 4.48. The highest BCUT2D eigenvalue weighted by Crippen LogP contribution is 2.34. The van der Waals surface area contributed by atoms with Gasteiger partial charge in [0.2, 0.25) is 0 Å². The second-order valence-corrected chi connectivity index (χ2v) is 7.28. The molecule has 0 fully saturated rings. The van der Waals surface area contributed by atoms with Crippen molar-refractivity contribution in [1.29, 1.82) is 0 Å². The summed E-state index contributed by atoms with van der Waals surface area (Å²) in [6.07, 6.45) is 4.01. The van der Waals surface area contributed by atoms with Gasteiger partial charge < -0.3 is 5.32 Å². The van der Waals surface area contributed by atoms with Crippen LogP contribution in [0.4, 0.5) is 0 Å². The van der Waals surface area contributed by atoms with E-state index in [4.69, 9.17) is 0 Å². The molecule has 0 saturated carbocycles. The van der Waals surface area contributed by atoms with Gasteiger partial charge >= 0.3 is 0 Å². The predicted molar refractivity (Wildman–Crippen MR) is 91.2 cm³/mol. The molecule has 2 heterocycles. The number of aromatic nitrogens is 2. The molecule has 0 spiro atoms. The van der Waals surface area contributed by atoms with Gasteiger partial charge in [0.05, 0.1) is 21.7 Å². The van der Waals surface area contributed by atoms with Gasteiger partial charge in [0.25, 0.3) is 0 Å². The molecular formula is C16H16BrN3S. The number of rotatable bonds is 4. The first-order chi connectivity index (χ1) is 10.2. The fourth-order valence-corrected chi connectivity index (χ4v) is 4.02. The van der Waals surface area contributed by atoms with Crippen LogP contribution in [-0.2, 0) is 0 Å². The molecule has 1 atom stereocenters.